The van der Waals surface area contributed by atoms with E-state index < -0.39 is 5.97 Å². The van der Waals surface area contributed by atoms with Crippen LogP contribution in [-0.4, -0.2) is 15.6 Å². The first kappa shape index (κ1) is 11.7. The monoisotopic (exact) mass is 231 g/mol. The van der Waals surface area contributed by atoms with Crippen molar-refractivity contribution in [2.45, 2.75) is 26.7 Å². The van der Waals surface area contributed by atoms with E-state index in [1.807, 2.05) is 26.1 Å². The van der Waals surface area contributed by atoms with E-state index in [0.29, 0.717) is 11.6 Å². The van der Waals surface area contributed by atoms with Crippen LogP contribution in [0.1, 0.15) is 41.4 Å². The lowest BCUT2D eigenvalue weighted by atomic mass is 10.00. The molecule has 0 atom stereocenters. The molecule has 0 saturated heterocycles. The van der Waals surface area contributed by atoms with Crippen molar-refractivity contribution in [1.82, 2.24) is 4.57 Å². The van der Waals surface area contributed by atoms with Gasteiger partial charge in [-0.15, -0.1) is 0 Å². The normalized spacial score (nSPS) is 11.4. The van der Waals surface area contributed by atoms with Crippen LogP contribution in [0.15, 0.2) is 18.2 Å². The molecule has 0 aliphatic rings. The molecule has 0 fully saturated rings. The molecule has 0 spiro atoms. The molecule has 17 heavy (non-hydrogen) atoms. The highest BCUT2D eigenvalue weighted by Gasteiger charge is 2.19. The standard InChI is InChI=1S/C14H17NO2/c1-8(2)10-6-5-7-11-9(3)12(14(16)17)15(4)13(10)11/h5-8H,1-4H3,(H,16,17). The molecule has 3 heteroatoms. The summed E-state index contributed by atoms with van der Waals surface area (Å²) in [4.78, 5) is 11.3. The Morgan fingerprint density at radius 1 is 1.35 bits per heavy atom. The number of hydrogen-bond donors (Lipinski definition) is 1. The Morgan fingerprint density at radius 3 is 2.53 bits per heavy atom. The number of para-hydroxylation sites is 1. The highest BCUT2D eigenvalue weighted by Crippen LogP contribution is 2.31. The number of carboxylic acid groups (broad SMARTS) is 1. The van der Waals surface area contributed by atoms with Crippen LogP contribution >= 0.6 is 0 Å². The van der Waals surface area contributed by atoms with E-state index in [0.717, 1.165) is 16.5 Å². The van der Waals surface area contributed by atoms with Gasteiger partial charge in [0.05, 0.1) is 5.52 Å². The second kappa shape index (κ2) is 3.91. The van der Waals surface area contributed by atoms with Crippen LogP contribution in [0, 0.1) is 6.92 Å². The average Bonchev–Trinajstić information content (AvgIpc) is 2.51. The maximum Gasteiger partial charge on any atom is 0.352 e. The Balaban J connectivity index is 2.93. The van der Waals surface area contributed by atoms with E-state index in [4.69, 9.17) is 0 Å². The van der Waals surface area contributed by atoms with Gasteiger partial charge in [0.25, 0.3) is 0 Å². The zero-order chi connectivity index (χ0) is 12.7. The number of aromatic carboxylic acids is 1. The van der Waals surface area contributed by atoms with E-state index in [1.54, 1.807) is 4.57 Å². The highest BCUT2D eigenvalue weighted by molar-refractivity contribution is 5.99. The maximum absolute atomic E-state index is 11.3. The van der Waals surface area contributed by atoms with Crippen LogP contribution in [0.25, 0.3) is 10.9 Å². The van der Waals surface area contributed by atoms with E-state index in [1.165, 1.54) is 5.56 Å². The molecule has 0 aliphatic carbocycles. The minimum atomic E-state index is -0.865. The molecule has 2 rings (SSSR count). The molecule has 0 aliphatic heterocycles. The van der Waals surface area contributed by atoms with Crippen LogP contribution in [0.2, 0.25) is 0 Å². The summed E-state index contributed by atoms with van der Waals surface area (Å²) in [6, 6.07) is 6.05. The van der Waals surface area contributed by atoms with Gasteiger partial charge in [-0.2, -0.15) is 0 Å². The maximum atomic E-state index is 11.3. The highest BCUT2D eigenvalue weighted by atomic mass is 16.4. The van der Waals surface area contributed by atoms with Gasteiger partial charge in [0, 0.05) is 12.4 Å². The summed E-state index contributed by atoms with van der Waals surface area (Å²) >= 11 is 0. The van der Waals surface area contributed by atoms with Crippen molar-refractivity contribution in [3.05, 3.63) is 35.0 Å². The predicted molar refractivity (Wildman–Crippen MR) is 68.7 cm³/mol. The first-order valence-corrected chi connectivity index (χ1v) is 5.76. The molecule has 1 aromatic carbocycles. The fourth-order valence-electron chi connectivity index (χ4n) is 2.50. The molecule has 1 N–H and O–H groups in total. The number of carbonyl (C=O) groups is 1. The fraction of sp³-hybridized carbons (Fsp3) is 0.357. The first-order valence-electron chi connectivity index (χ1n) is 5.76. The van der Waals surface area contributed by atoms with Crippen molar-refractivity contribution in [1.29, 1.82) is 0 Å². The smallest absolute Gasteiger partial charge is 0.352 e. The molecular weight excluding hydrogens is 214 g/mol. The number of carboxylic acids is 1. The summed E-state index contributed by atoms with van der Waals surface area (Å²) in [5, 5.41) is 10.3. The van der Waals surface area contributed by atoms with Crippen LogP contribution < -0.4 is 0 Å². The molecule has 0 saturated carbocycles. The van der Waals surface area contributed by atoms with E-state index in [-0.39, 0.29) is 0 Å². The van der Waals surface area contributed by atoms with Gasteiger partial charge in [0.1, 0.15) is 5.69 Å². The predicted octanol–water partition coefficient (Wildman–Crippen LogP) is 3.31. The zero-order valence-electron chi connectivity index (χ0n) is 10.6. The molecule has 3 nitrogen and oxygen atoms in total. The number of aryl methyl sites for hydroxylation is 2. The van der Waals surface area contributed by atoms with Gasteiger partial charge >= 0.3 is 5.97 Å². The van der Waals surface area contributed by atoms with Gasteiger partial charge < -0.3 is 9.67 Å². The largest absolute Gasteiger partial charge is 0.477 e. The molecular formula is C14H17NO2. The van der Waals surface area contributed by atoms with Gasteiger partial charge in [-0.25, -0.2) is 4.79 Å². The SMILES string of the molecule is Cc1c(C(=O)O)n(C)c2c(C(C)C)cccc12. The molecule has 90 valence electrons. The number of benzene rings is 1. The van der Waals surface area contributed by atoms with Crippen molar-refractivity contribution in [3.8, 4) is 0 Å². The summed E-state index contributed by atoms with van der Waals surface area (Å²) in [5.41, 5.74) is 3.46. The van der Waals surface area contributed by atoms with Gasteiger partial charge in [-0.05, 0) is 24.0 Å². The summed E-state index contributed by atoms with van der Waals surface area (Å²) in [5.74, 6) is -0.482. The van der Waals surface area contributed by atoms with Crippen LogP contribution in [0.4, 0.5) is 0 Å². The van der Waals surface area contributed by atoms with Crippen molar-refractivity contribution in [3.63, 3.8) is 0 Å². The Bertz CT molecular complexity index is 594. The van der Waals surface area contributed by atoms with E-state index in [9.17, 15) is 9.90 Å². The van der Waals surface area contributed by atoms with Crippen molar-refractivity contribution >= 4 is 16.9 Å². The first-order chi connectivity index (χ1) is 7.95. The number of aromatic nitrogens is 1. The summed E-state index contributed by atoms with van der Waals surface area (Å²) in [6.07, 6.45) is 0. The Hall–Kier alpha value is -1.77. The zero-order valence-corrected chi connectivity index (χ0v) is 10.6. The summed E-state index contributed by atoms with van der Waals surface area (Å²) in [7, 11) is 1.82. The average molecular weight is 231 g/mol. The third-order valence-corrected chi connectivity index (χ3v) is 3.32. The second-order valence-corrected chi connectivity index (χ2v) is 4.74. The summed E-state index contributed by atoms with van der Waals surface area (Å²) < 4.78 is 1.79. The van der Waals surface area contributed by atoms with Gasteiger partial charge in [0.15, 0.2) is 0 Å². The molecule has 1 heterocycles. The lowest BCUT2D eigenvalue weighted by molar-refractivity contribution is 0.0686. The van der Waals surface area contributed by atoms with Crippen molar-refractivity contribution in [2.24, 2.45) is 7.05 Å². The summed E-state index contributed by atoms with van der Waals surface area (Å²) in [6.45, 7) is 6.12. The van der Waals surface area contributed by atoms with Crippen molar-refractivity contribution < 1.29 is 9.90 Å². The molecule has 0 amide bonds. The minimum Gasteiger partial charge on any atom is -0.477 e. The topological polar surface area (TPSA) is 42.2 Å². The van der Waals surface area contributed by atoms with Crippen LogP contribution in [0.3, 0.4) is 0 Å². The number of rotatable bonds is 2. The van der Waals surface area contributed by atoms with Gasteiger partial charge in [-0.1, -0.05) is 32.0 Å². The lowest BCUT2D eigenvalue weighted by Crippen LogP contribution is -2.06. The molecule has 0 radical (unpaired) electrons. The minimum absolute atomic E-state index is 0.383. The van der Waals surface area contributed by atoms with E-state index in [2.05, 4.69) is 19.9 Å². The van der Waals surface area contributed by atoms with Gasteiger partial charge in [-0.3, -0.25) is 0 Å². The third-order valence-electron chi connectivity index (χ3n) is 3.32. The Labute approximate surface area is 101 Å². The van der Waals surface area contributed by atoms with Gasteiger partial charge in [0.2, 0.25) is 0 Å². The third kappa shape index (κ3) is 1.62. The Kier molecular flexibility index (Phi) is 2.69. The molecule has 2 aromatic rings. The molecule has 0 unspecified atom stereocenters. The fourth-order valence-corrected chi connectivity index (χ4v) is 2.50. The molecule has 0 bridgehead atoms. The van der Waals surface area contributed by atoms with Crippen LogP contribution in [0.5, 0.6) is 0 Å². The number of fused-ring (bicyclic) bond motifs is 1. The van der Waals surface area contributed by atoms with E-state index >= 15 is 0 Å². The molecule has 1 aromatic heterocycles. The lowest BCUT2D eigenvalue weighted by Gasteiger charge is -2.09. The van der Waals surface area contributed by atoms with Crippen LogP contribution in [-0.2, 0) is 7.05 Å². The number of hydrogen-bond acceptors (Lipinski definition) is 1. The van der Waals surface area contributed by atoms with Crippen molar-refractivity contribution in [2.75, 3.05) is 0 Å². The second-order valence-electron chi connectivity index (χ2n) is 4.74. The Morgan fingerprint density at radius 2 is 2.00 bits per heavy atom. The quantitative estimate of drug-likeness (QED) is 0.861. The number of nitrogens with zero attached hydrogens (tertiary/aromatic N) is 1.